The summed E-state index contributed by atoms with van der Waals surface area (Å²) in [4.78, 5) is 28.3. The molecular formula is C22H24N4O4. The van der Waals surface area contributed by atoms with Gasteiger partial charge in [0.25, 0.3) is 5.91 Å². The third-order valence-electron chi connectivity index (χ3n) is 4.07. The predicted molar refractivity (Wildman–Crippen MR) is 112 cm³/mol. The standard InChI is InChI=1S/C22H24N4O4/c1-14(2)12-21(27)24-17-6-8-18(9-7-17)25-22(28)16-4-10-19(11-5-16)29-13-20-23-15(3)30-26-20/h4-11,14H,12-13H2,1-3H3,(H,24,27)(H,25,28). The van der Waals surface area contributed by atoms with Gasteiger partial charge in [-0.2, -0.15) is 4.98 Å². The Balaban J connectivity index is 1.52. The second kappa shape index (κ2) is 9.69. The first-order chi connectivity index (χ1) is 14.4. The van der Waals surface area contributed by atoms with Gasteiger partial charge in [-0.05, 0) is 54.4 Å². The average Bonchev–Trinajstić information content (AvgIpc) is 3.13. The lowest BCUT2D eigenvalue weighted by atomic mass is 10.1. The second-order valence-electron chi connectivity index (χ2n) is 7.22. The number of carbonyl (C=O) groups excluding carboxylic acids is 2. The minimum Gasteiger partial charge on any atom is -0.485 e. The monoisotopic (exact) mass is 408 g/mol. The first-order valence-electron chi connectivity index (χ1n) is 9.62. The topological polar surface area (TPSA) is 106 Å². The Morgan fingerprint density at radius 1 is 1.00 bits per heavy atom. The fraction of sp³-hybridized carbons (Fsp3) is 0.273. The predicted octanol–water partition coefficient (Wildman–Crippen LogP) is 4.19. The highest BCUT2D eigenvalue weighted by molar-refractivity contribution is 6.04. The summed E-state index contributed by atoms with van der Waals surface area (Å²) in [5.74, 6) is 1.55. The number of ether oxygens (including phenoxy) is 1. The maximum atomic E-state index is 12.4. The minimum atomic E-state index is -0.244. The van der Waals surface area contributed by atoms with Gasteiger partial charge in [-0.25, -0.2) is 0 Å². The molecule has 0 radical (unpaired) electrons. The molecule has 2 amide bonds. The Kier molecular flexibility index (Phi) is 6.79. The van der Waals surface area contributed by atoms with Crippen molar-refractivity contribution < 1.29 is 18.8 Å². The molecule has 1 heterocycles. The van der Waals surface area contributed by atoms with Gasteiger partial charge in [0.05, 0.1) is 0 Å². The molecule has 2 N–H and O–H groups in total. The average molecular weight is 408 g/mol. The summed E-state index contributed by atoms with van der Waals surface area (Å²) in [5, 5.41) is 9.42. The first-order valence-corrected chi connectivity index (χ1v) is 9.62. The number of hydrogen-bond acceptors (Lipinski definition) is 6. The Morgan fingerprint density at radius 3 is 2.20 bits per heavy atom. The van der Waals surface area contributed by atoms with Crippen molar-refractivity contribution in [2.24, 2.45) is 5.92 Å². The number of aryl methyl sites for hydroxylation is 1. The van der Waals surface area contributed by atoms with E-state index in [0.29, 0.717) is 46.7 Å². The molecule has 0 saturated heterocycles. The highest BCUT2D eigenvalue weighted by Crippen LogP contribution is 2.17. The number of amides is 2. The molecule has 156 valence electrons. The fourth-order valence-electron chi connectivity index (χ4n) is 2.67. The Morgan fingerprint density at radius 2 is 1.63 bits per heavy atom. The largest absolute Gasteiger partial charge is 0.485 e. The van der Waals surface area contributed by atoms with Gasteiger partial charge in [-0.3, -0.25) is 9.59 Å². The van der Waals surface area contributed by atoms with Crippen molar-refractivity contribution in [2.45, 2.75) is 33.8 Å². The van der Waals surface area contributed by atoms with Gasteiger partial charge in [-0.1, -0.05) is 19.0 Å². The molecule has 0 fully saturated rings. The molecule has 1 aromatic heterocycles. The van der Waals surface area contributed by atoms with E-state index in [9.17, 15) is 9.59 Å². The molecule has 0 saturated carbocycles. The first kappa shape index (κ1) is 21.0. The lowest BCUT2D eigenvalue weighted by molar-refractivity contribution is -0.116. The molecule has 0 atom stereocenters. The van der Waals surface area contributed by atoms with Gasteiger partial charge in [0.15, 0.2) is 6.61 Å². The maximum Gasteiger partial charge on any atom is 0.255 e. The third kappa shape index (κ3) is 6.16. The number of nitrogens with one attached hydrogen (secondary N) is 2. The molecule has 8 heteroatoms. The zero-order valence-electron chi connectivity index (χ0n) is 17.1. The van der Waals surface area contributed by atoms with E-state index in [1.165, 1.54) is 0 Å². The van der Waals surface area contributed by atoms with Crippen molar-refractivity contribution in [3.05, 3.63) is 65.8 Å². The van der Waals surface area contributed by atoms with E-state index in [0.717, 1.165) is 0 Å². The van der Waals surface area contributed by atoms with Crippen LogP contribution in [0.4, 0.5) is 11.4 Å². The van der Waals surface area contributed by atoms with Crippen LogP contribution in [0.25, 0.3) is 0 Å². The number of hydrogen-bond donors (Lipinski definition) is 2. The Hall–Kier alpha value is -3.68. The smallest absolute Gasteiger partial charge is 0.255 e. The quantitative estimate of drug-likeness (QED) is 0.579. The molecule has 30 heavy (non-hydrogen) atoms. The Bertz CT molecular complexity index is 995. The lowest BCUT2D eigenvalue weighted by Crippen LogP contribution is -2.14. The van der Waals surface area contributed by atoms with Gasteiger partial charge in [0.2, 0.25) is 17.6 Å². The molecule has 0 aliphatic carbocycles. The van der Waals surface area contributed by atoms with Crippen LogP contribution in [0, 0.1) is 12.8 Å². The fourth-order valence-corrected chi connectivity index (χ4v) is 2.67. The van der Waals surface area contributed by atoms with Crippen molar-refractivity contribution in [1.82, 2.24) is 10.1 Å². The van der Waals surface area contributed by atoms with Crippen molar-refractivity contribution in [1.29, 1.82) is 0 Å². The van der Waals surface area contributed by atoms with Crippen molar-refractivity contribution in [3.63, 3.8) is 0 Å². The summed E-state index contributed by atoms with van der Waals surface area (Å²) in [6, 6.07) is 13.7. The second-order valence-corrected chi connectivity index (χ2v) is 7.22. The lowest BCUT2D eigenvalue weighted by Gasteiger charge is -2.09. The summed E-state index contributed by atoms with van der Waals surface area (Å²) in [6.07, 6.45) is 0.465. The van der Waals surface area contributed by atoms with Crippen LogP contribution in [0.2, 0.25) is 0 Å². The molecule has 3 rings (SSSR count). The third-order valence-corrected chi connectivity index (χ3v) is 4.07. The van der Waals surface area contributed by atoms with E-state index < -0.39 is 0 Å². The highest BCUT2D eigenvalue weighted by atomic mass is 16.5. The van der Waals surface area contributed by atoms with Crippen LogP contribution < -0.4 is 15.4 Å². The number of anilines is 2. The number of nitrogens with zero attached hydrogens (tertiary/aromatic N) is 2. The van der Waals surface area contributed by atoms with E-state index in [2.05, 4.69) is 20.8 Å². The maximum absolute atomic E-state index is 12.4. The van der Waals surface area contributed by atoms with E-state index in [1.54, 1.807) is 55.5 Å². The number of benzene rings is 2. The number of carbonyl (C=O) groups is 2. The molecule has 0 aliphatic heterocycles. The molecule has 0 unspecified atom stereocenters. The van der Waals surface area contributed by atoms with Crippen LogP contribution >= 0.6 is 0 Å². The summed E-state index contributed by atoms with van der Waals surface area (Å²) in [6.45, 7) is 5.88. The van der Waals surface area contributed by atoms with Crippen molar-refractivity contribution in [2.75, 3.05) is 10.6 Å². The van der Waals surface area contributed by atoms with E-state index in [4.69, 9.17) is 9.26 Å². The van der Waals surface area contributed by atoms with Gasteiger partial charge in [-0.15, -0.1) is 0 Å². The van der Waals surface area contributed by atoms with E-state index in [-0.39, 0.29) is 18.4 Å². The van der Waals surface area contributed by atoms with Gasteiger partial charge < -0.3 is 19.9 Å². The Labute approximate surface area is 174 Å². The molecule has 8 nitrogen and oxygen atoms in total. The summed E-state index contributed by atoms with van der Waals surface area (Å²) in [7, 11) is 0. The summed E-state index contributed by atoms with van der Waals surface area (Å²) < 4.78 is 10.5. The van der Waals surface area contributed by atoms with Crippen molar-refractivity contribution >= 4 is 23.2 Å². The molecule has 2 aromatic carbocycles. The van der Waals surface area contributed by atoms with E-state index >= 15 is 0 Å². The summed E-state index contributed by atoms with van der Waals surface area (Å²) >= 11 is 0. The van der Waals surface area contributed by atoms with E-state index in [1.807, 2.05) is 13.8 Å². The van der Waals surface area contributed by atoms with Crippen LogP contribution in [0.3, 0.4) is 0 Å². The normalized spacial score (nSPS) is 10.7. The van der Waals surface area contributed by atoms with Gasteiger partial charge in [0.1, 0.15) is 5.75 Å². The highest BCUT2D eigenvalue weighted by Gasteiger charge is 2.09. The van der Waals surface area contributed by atoms with Crippen LogP contribution in [0.1, 0.15) is 42.3 Å². The number of rotatable bonds is 8. The zero-order chi connectivity index (χ0) is 21.5. The summed E-state index contributed by atoms with van der Waals surface area (Å²) in [5.41, 5.74) is 1.82. The van der Waals surface area contributed by atoms with Gasteiger partial charge >= 0.3 is 0 Å². The molecule has 0 aliphatic rings. The molecular weight excluding hydrogens is 384 g/mol. The zero-order valence-corrected chi connectivity index (χ0v) is 17.1. The molecule has 0 spiro atoms. The molecule has 3 aromatic rings. The van der Waals surface area contributed by atoms with Gasteiger partial charge in [0, 0.05) is 30.3 Å². The van der Waals surface area contributed by atoms with Crippen LogP contribution in [0.15, 0.2) is 53.1 Å². The van der Waals surface area contributed by atoms with Crippen molar-refractivity contribution in [3.8, 4) is 5.75 Å². The van der Waals surface area contributed by atoms with Crippen LogP contribution in [-0.4, -0.2) is 22.0 Å². The van der Waals surface area contributed by atoms with Crippen LogP contribution in [0.5, 0.6) is 5.75 Å². The molecule has 0 bridgehead atoms. The SMILES string of the molecule is Cc1nc(COc2ccc(C(=O)Nc3ccc(NC(=O)CC(C)C)cc3)cc2)no1. The minimum absolute atomic E-state index is 0.0291. The number of aromatic nitrogens is 2. The van der Waals surface area contributed by atoms with Crippen LogP contribution in [-0.2, 0) is 11.4 Å².